The minimum Gasteiger partial charge on any atom is -0.481 e. The van der Waals surface area contributed by atoms with Gasteiger partial charge in [0, 0.05) is 25.2 Å². The highest BCUT2D eigenvalue weighted by Gasteiger charge is 2.32. The number of carboxylic acids is 1. The number of urea groups is 1. The number of carbonyl (C=O) groups is 2. The van der Waals surface area contributed by atoms with Crippen LogP contribution in [0.4, 0.5) is 10.5 Å². The van der Waals surface area contributed by atoms with Crippen LogP contribution in [0.1, 0.15) is 12.1 Å². The second kappa shape index (κ2) is 5.03. The number of aliphatic carboxylic acids is 1. The number of pyridine rings is 1. The number of rotatable bonds is 3. The highest BCUT2D eigenvalue weighted by molar-refractivity contribution is 5.90. The predicted octanol–water partition coefficient (Wildman–Crippen LogP) is 1.33. The molecular formula is C12H15N3O3. The Balaban J connectivity index is 1.84. The standard InChI is InChI=1S/C12H15N3O3/c1-8-10(3-2-4-13-8)14-12(18)15-6-9(7-15)5-11(16)17/h2-4,9H,5-7H2,1H3,(H,14,18)(H,16,17). The number of carboxylic acid groups (broad SMARTS) is 1. The topological polar surface area (TPSA) is 82.5 Å². The molecule has 2 heterocycles. The summed E-state index contributed by atoms with van der Waals surface area (Å²) in [6.07, 6.45) is 1.78. The lowest BCUT2D eigenvalue weighted by Crippen LogP contribution is -2.52. The first-order valence-electron chi connectivity index (χ1n) is 5.75. The van der Waals surface area contributed by atoms with E-state index in [0.717, 1.165) is 5.69 Å². The molecule has 96 valence electrons. The van der Waals surface area contributed by atoms with Gasteiger partial charge in [0.1, 0.15) is 0 Å². The smallest absolute Gasteiger partial charge is 0.321 e. The third-order valence-electron chi connectivity index (χ3n) is 2.96. The summed E-state index contributed by atoms with van der Waals surface area (Å²) in [7, 11) is 0. The molecule has 0 aliphatic carbocycles. The number of hydrogen-bond acceptors (Lipinski definition) is 3. The Morgan fingerprint density at radius 1 is 1.56 bits per heavy atom. The van der Waals surface area contributed by atoms with Crippen molar-refractivity contribution in [2.45, 2.75) is 13.3 Å². The lowest BCUT2D eigenvalue weighted by atomic mass is 9.97. The minimum absolute atomic E-state index is 0.0724. The third-order valence-corrected chi connectivity index (χ3v) is 2.96. The van der Waals surface area contributed by atoms with Crippen molar-refractivity contribution < 1.29 is 14.7 Å². The molecule has 2 amide bonds. The average Bonchev–Trinajstić information content (AvgIpc) is 2.25. The van der Waals surface area contributed by atoms with Crippen LogP contribution in [0.25, 0.3) is 0 Å². The zero-order valence-electron chi connectivity index (χ0n) is 10.1. The average molecular weight is 249 g/mol. The molecule has 0 radical (unpaired) electrons. The summed E-state index contributed by atoms with van der Waals surface area (Å²) in [4.78, 5) is 28.0. The molecule has 1 aliphatic heterocycles. The SMILES string of the molecule is Cc1ncccc1NC(=O)N1CC(CC(=O)O)C1. The van der Waals surface area contributed by atoms with E-state index in [1.165, 1.54) is 0 Å². The molecule has 1 aromatic rings. The number of nitrogens with zero attached hydrogens (tertiary/aromatic N) is 2. The van der Waals surface area contributed by atoms with Gasteiger partial charge in [0.2, 0.25) is 0 Å². The van der Waals surface area contributed by atoms with Gasteiger partial charge in [-0.1, -0.05) is 0 Å². The Morgan fingerprint density at radius 2 is 2.28 bits per heavy atom. The first-order valence-corrected chi connectivity index (χ1v) is 5.75. The number of aromatic nitrogens is 1. The van der Waals surface area contributed by atoms with E-state index >= 15 is 0 Å². The molecule has 1 fully saturated rings. The van der Waals surface area contributed by atoms with E-state index in [4.69, 9.17) is 5.11 Å². The normalized spacial score (nSPS) is 15.1. The Bertz CT molecular complexity index is 469. The first kappa shape index (κ1) is 12.3. The van der Waals surface area contributed by atoms with Gasteiger partial charge in [-0.2, -0.15) is 0 Å². The molecule has 1 aliphatic rings. The van der Waals surface area contributed by atoms with Gasteiger partial charge in [0.15, 0.2) is 0 Å². The molecule has 0 aromatic carbocycles. The van der Waals surface area contributed by atoms with Crippen molar-refractivity contribution in [3.63, 3.8) is 0 Å². The van der Waals surface area contributed by atoms with Crippen molar-refractivity contribution in [3.8, 4) is 0 Å². The quantitative estimate of drug-likeness (QED) is 0.846. The molecule has 0 spiro atoms. The van der Waals surface area contributed by atoms with Gasteiger partial charge < -0.3 is 15.3 Å². The van der Waals surface area contributed by atoms with Crippen LogP contribution in [0.2, 0.25) is 0 Å². The van der Waals surface area contributed by atoms with Crippen molar-refractivity contribution in [2.24, 2.45) is 5.92 Å². The van der Waals surface area contributed by atoms with E-state index in [-0.39, 0.29) is 18.4 Å². The Hall–Kier alpha value is -2.11. The van der Waals surface area contributed by atoms with Crippen molar-refractivity contribution in [1.29, 1.82) is 0 Å². The summed E-state index contributed by atoms with van der Waals surface area (Å²) in [5, 5.41) is 11.4. The lowest BCUT2D eigenvalue weighted by Gasteiger charge is -2.38. The fraction of sp³-hybridized carbons (Fsp3) is 0.417. The molecule has 18 heavy (non-hydrogen) atoms. The van der Waals surface area contributed by atoms with Crippen molar-refractivity contribution in [3.05, 3.63) is 24.0 Å². The van der Waals surface area contributed by atoms with E-state index in [2.05, 4.69) is 10.3 Å². The van der Waals surface area contributed by atoms with Crippen LogP contribution in [0.3, 0.4) is 0 Å². The zero-order valence-corrected chi connectivity index (χ0v) is 10.1. The highest BCUT2D eigenvalue weighted by Crippen LogP contribution is 2.20. The lowest BCUT2D eigenvalue weighted by molar-refractivity contribution is -0.139. The monoisotopic (exact) mass is 249 g/mol. The molecule has 2 rings (SSSR count). The molecule has 2 N–H and O–H groups in total. The number of amides is 2. The molecule has 0 unspecified atom stereocenters. The van der Waals surface area contributed by atoms with Gasteiger partial charge in [0.25, 0.3) is 0 Å². The second-order valence-corrected chi connectivity index (χ2v) is 4.44. The maximum atomic E-state index is 11.8. The number of nitrogens with one attached hydrogen (secondary N) is 1. The van der Waals surface area contributed by atoms with E-state index in [0.29, 0.717) is 18.8 Å². The molecule has 6 nitrogen and oxygen atoms in total. The summed E-state index contributed by atoms with van der Waals surface area (Å²) in [6.45, 7) is 2.81. The largest absolute Gasteiger partial charge is 0.481 e. The number of aryl methyl sites for hydroxylation is 1. The second-order valence-electron chi connectivity index (χ2n) is 4.44. The van der Waals surface area contributed by atoms with Crippen LogP contribution in [0, 0.1) is 12.8 Å². The van der Waals surface area contributed by atoms with Crippen LogP contribution < -0.4 is 5.32 Å². The first-order chi connectivity index (χ1) is 8.56. The maximum absolute atomic E-state index is 11.8. The van der Waals surface area contributed by atoms with Crippen molar-refractivity contribution in [2.75, 3.05) is 18.4 Å². The van der Waals surface area contributed by atoms with Gasteiger partial charge in [-0.3, -0.25) is 9.78 Å². The van der Waals surface area contributed by atoms with Crippen molar-refractivity contribution in [1.82, 2.24) is 9.88 Å². The number of hydrogen-bond donors (Lipinski definition) is 2. The number of carbonyl (C=O) groups excluding carboxylic acids is 1. The fourth-order valence-electron chi connectivity index (χ4n) is 1.92. The van der Waals surface area contributed by atoms with Crippen LogP contribution in [-0.2, 0) is 4.79 Å². The Morgan fingerprint density at radius 3 is 2.89 bits per heavy atom. The van der Waals surface area contributed by atoms with E-state index in [1.54, 1.807) is 23.2 Å². The predicted molar refractivity (Wildman–Crippen MR) is 65.3 cm³/mol. The van der Waals surface area contributed by atoms with E-state index in [1.807, 2.05) is 6.92 Å². The fourth-order valence-corrected chi connectivity index (χ4v) is 1.92. The summed E-state index contributed by atoms with van der Waals surface area (Å²) >= 11 is 0. The summed E-state index contributed by atoms with van der Waals surface area (Å²) < 4.78 is 0. The number of likely N-dealkylation sites (tertiary alicyclic amines) is 1. The molecule has 1 saturated heterocycles. The van der Waals surface area contributed by atoms with Gasteiger partial charge in [-0.25, -0.2) is 4.79 Å². The third kappa shape index (κ3) is 2.77. The van der Waals surface area contributed by atoms with Crippen LogP contribution in [0.5, 0.6) is 0 Å². The van der Waals surface area contributed by atoms with Gasteiger partial charge in [0.05, 0.1) is 17.8 Å². The van der Waals surface area contributed by atoms with Gasteiger partial charge in [-0.15, -0.1) is 0 Å². The zero-order chi connectivity index (χ0) is 13.1. The molecule has 0 saturated carbocycles. The Labute approximate surface area is 105 Å². The maximum Gasteiger partial charge on any atom is 0.321 e. The van der Waals surface area contributed by atoms with Crippen LogP contribution in [0.15, 0.2) is 18.3 Å². The molecule has 6 heteroatoms. The van der Waals surface area contributed by atoms with E-state index < -0.39 is 5.97 Å². The molecule has 0 atom stereocenters. The van der Waals surface area contributed by atoms with Crippen LogP contribution in [-0.4, -0.2) is 40.1 Å². The summed E-state index contributed by atoms with van der Waals surface area (Å²) in [5.74, 6) is -0.744. The van der Waals surface area contributed by atoms with E-state index in [9.17, 15) is 9.59 Å². The summed E-state index contributed by atoms with van der Waals surface area (Å²) in [5.41, 5.74) is 1.44. The minimum atomic E-state index is -0.817. The molecule has 0 bridgehead atoms. The van der Waals surface area contributed by atoms with Gasteiger partial charge >= 0.3 is 12.0 Å². The Kier molecular flexibility index (Phi) is 3.45. The summed E-state index contributed by atoms with van der Waals surface area (Å²) in [6, 6.07) is 3.34. The van der Waals surface area contributed by atoms with Crippen molar-refractivity contribution >= 4 is 17.7 Å². The van der Waals surface area contributed by atoms with Gasteiger partial charge in [-0.05, 0) is 19.1 Å². The molecular weight excluding hydrogens is 234 g/mol. The highest BCUT2D eigenvalue weighted by atomic mass is 16.4. The number of anilines is 1. The molecule has 1 aromatic heterocycles. The van der Waals surface area contributed by atoms with Crippen LogP contribution >= 0.6 is 0 Å².